The molecule has 1 aliphatic heterocycles. The monoisotopic (exact) mass is 280 g/mol. The molecule has 0 spiro atoms. The predicted molar refractivity (Wildman–Crippen MR) is 75.6 cm³/mol. The molecule has 0 aromatic heterocycles. The number of rotatable bonds is 3. The Morgan fingerprint density at radius 3 is 2.53 bits per heavy atom. The fraction of sp³-hybridized carbons (Fsp3) is 0.500. The summed E-state index contributed by atoms with van der Waals surface area (Å²) in [6.07, 6.45) is 0. The van der Waals surface area contributed by atoms with E-state index in [2.05, 4.69) is 33.9 Å². The van der Waals surface area contributed by atoms with Crippen LogP contribution in [-0.2, 0) is 6.61 Å². The van der Waals surface area contributed by atoms with E-state index in [-0.39, 0.29) is 10.6 Å². The van der Waals surface area contributed by atoms with Crippen LogP contribution in [0.1, 0.15) is 36.7 Å². The molecule has 4 nitrogen and oxygen atoms in total. The van der Waals surface area contributed by atoms with Crippen molar-refractivity contribution >= 4 is 14.3 Å². The van der Waals surface area contributed by atoms with Crippen LogP contribution in [-0.4, -0.2) is 19.4 Å². The SMILES string of the molecule is CC(C)(C)[Si](C)(C)Oc1c2ccc(C(=O)O)c1OC2. The second kappa shape index (κ2) is 4.26. The molecule has 2 rings (SSSR count). The number of hydrogen-bond acceptors (Lipinski definition) is 3. The lowest BCUT2D eigenvalue weighted by Crippen LogP contribution is -2.44. The van der Waals surface area contributed by atoms with Crippen LogP contribution in [0, 0.1) is 0 Å². The van der Waals surface area contributed by atoms with Crippen LogP contribution in [0.3, 0.4) is 0 Å². The van der Waals surface area contributed by atoms with E-state index < -0.39 is 14.3 Å². The maximum Gasteiger partial charge on any atom is 0.339 e. The summed E-state index contributed by atoms with van der Waals surface area (Å²) in [5.41, 5.74) is 1.11. The van der Waals surface area contributed by atoms with Crippen LogP contribution in [0.15, 0.2) is 12.1 Å². The van der Waals surface area contributed by atoms with Crippen molar-refractivity contribution in [3.63, 3.8) is 0 Å². The number of aromatic carboxylic acids is 1. The van der Waals surface area contributed by atoms with Gasteiger partial charge in [0.05, 0.1) is 0 Å². The second-order valence-corrected chi connectivity index (χ2v) is 11.1. The smallest absolute Gasteiger partial charge is 0.339 e. The first-order valence-corrected chi connectivity index (χ1v) is 9.25. The van der Waals surface area contributed by atoms with Crippen molar-refractivity contribution in [2.75, 3.05) is 0 Å². The first-order valence-electron chi connectivity index (χ1n) is 6.34. The molecule has 0 radical (unpaired) electrons. The quantitative estimate of drug-likeness (QED) is 0.858. The summed E-state index contributed by atoms with van der Waals surface area (Å²) in [6.45, 7) is 11.1. The maximum absolute atomic E-state index is 11.2. The lowest BCUT2D eigenvalue weighted by molar-refractivity contribution is 0.0692. The Labute approximate surface area is 114 Å². The summed E-state index contributed by atoms with van der Waals surface area (Å²) >= 11 is 0. The minimum atomic E-state index is -2.00. The zero-order valence-corrected chi connectivity index (χ0v) is 13.0. The Bertz CT molecular complexity index is 529. The zero-order chi connectivity index (χ0) is 14.4. The van der Waals surface area contributed by atoms with Crippen LogP contribution >= 0.6 is 0 Å². The largest absolute Gasteiger partial charge is 0.541 e. The molecule has 5 heteroatoms. The molecular formula is C14H20O4Si. The van der Waals surface area contributed by atoms with E-state index in [1.165, 1.54) is 0 Å². The molecular weight excluding hydrogens is 260 g/mol. The summed E-state index contributed by atoms with van der Waals surface area (Å²) in [6, 6.07) is 3.36. The van der Waals surface area contributed by atoms with E-state index in [4.69, 9.17) is 9.16 Å². The molecule has 1 heterocycles. The summed E-state index contributed by atoms with van der Waals surface area (Å²) in [4.78, 5) is 11.2. The average Bonchev–Trinajstić information content (AvgIpc) is 2.51. The van der Waals surface area contributed by atoms with Gasteiger partial charge in [-0.3, -0.25) is 0 Å². The molecule has 104 valence electrons. The average molecular weight is 280 g/mol. The number of hydrogen-bond donors (Lipinski definition) is 1. The lowest BCUT2D eigenvalue weighted by atomic mass is 10.1. The van der Waals surface area contributed by atoms with Crippen molar-refractivity contribution in [2.45, 2.75) is 45.5 Å². The van der Waals surface area contributed by atoms with Crippen LogP contribution in [0.25, 0.3) is 0 Å². The molecule has 1 aromatic carbocycles. The third-order valence-corrected chi connectivity index (χ3v) is 8.29. The van der Waals surface area contributed by atoms with E-state index in [0.29, 0.717) is 18.1 Å². The summed E-state index contributed by atoms with van der Waals surface area (Å²) in [7, 11) is -2.00. The van der Waals surface area contributed by atoms with Crippen LogP contribution < -0.4 is 9.16 Å². The molecule has 0 saturated carbocycles. The van der Waals surface area contributed by atoms with Gasteiger partial charge in [0, 0.05) is 5.56 Å². The zero-order valence-electron chi connectivity index (χ0n) is 12.0. The van der Waals surface area contributed by atoms with Crippen LogP contribution in [0.5, 0.6) is 11.5 Å². The molecule has 0 atom stereocenters. The first-order chi connectivity index (χ1) is 8.63. The van der Waals surface area contributed by atoms with E-state index in [1.54, 1.807) is 12.1 Å². The maximum atomic E-state index is 11.2. The van der Waals surface area contributed by atoms with Gasteiger partial charge in [0.15, 0.2) is 11.5 Å². The fourth-order valence-corrected chi connectivity index (χ4v) is 2.74. The Morgan fingerprint density at radius 2 is 2.00 bits per heavy atom. The molecule has 0 amide bonds. The van der Waals surface area contributed by atoms with E-state index in [9.17, 15) is 9.90 Å². The Hall–Kier alpha value is -1.49. The number of carboxylic acids is 1. The highest BCUT2D eigenvalue weighted by Gasteiger charge is 2.41. The number of fused-ring (bicyclic) bond motifs is 2. The van der Waals surface area contributed by atoms with Crippen molar-refractivity contribution in [2.24, 2.45) is 0 Å². The third kappa shape index (κ3) is 2.34. The molecule has 0 unspecified atom stereocenters. The fourth-order valence-electron chi connectivity index (χ4n) is 1.70. The summed E-state index contributed by atoms with van der Waals surface area (Å²) in [5.74, 6) is 0.0323. The van der Waals surface area contributed by atoms with Crippen LogP contribution in [0.2, 0.25) is 18.1 Å². The summed E-state index contributed by atoms with van der Waals surface area (Å²) < 4.78 is 11.7. The number of carboxylic acid groups (broad SMARTS) is 1. The third-order valence-electron chi connectivity index (χ3n) is 3.96. The predicted octanol–water partition coefficient (Wildman–Crippen LogP) is 3.66. The molecule has 2 bridgehead atoms. The Morgan fingerprint density at radius 1 is 1.37 bits per heavy atom. The number of ether oxygens (including phenoxy) is 1. The van der Waals surface area contributed by atoms with E-state index in [1.807, 2.05) is 0 Å². The van der Waals surface area contributed by atoms with Gasteiger partial charge >= 0.3 is 5.97 Å². The van der Waals surface area contributed by atoms with Gasteiger partial charge in [0.1, 0.15) is 12.2 Å². The topological polar surface area (TPSA) is 55.8 Å². The number of benzene rings is 1. The van der Waals surface area contributed by atoms with Gasteiger partial charge in [-0.2, -0.15) is 0 Å². The lowest BCUT2D eigenvalue weighted by Gasteiger charge is -2.36. The second-order valence-electron chi connectivity index (χ2n) is 6.39. The highest BCUT2D eigenvalue weighted by Crippen LogP contribution is 2.46. The molecule has 0 aliphatic carbocycles. The van der Waals surface area contributed by atoms with Gasteiger partial charge < -0.3 is 14.3 Å². The normalized spacial score (nSPS) is 14.2. The van der Waals surface area contributed by atoms with Gasteiger partial charge in [-0.25, -0.2) is 4.79 Å². The van der Waals surface area contributed by atoms with Crippen LogP contribution in [0.4, 0.5) is 0 Å². The molecule has 1 aliphatic rings. The molecule has 0 fully saturated rings. The highest BCUT2D eigenvalue weighted by atomic mass is 28.4. The van der Waals surface area contributed by atoms with Gasteiger partial charge in [-0.15, -0.1) is 0 Å². The summed E-state index contributed by atoms with van der Waals surface area (Å²) in [5, 5.41) is 9.24. The van der Waals surface area contributed by atoms with E-state index in [0.717, 1.165) is 5.56 Å². The molecule has 1 N–H and O–H groups in total. The first kappa shape index (κ1) is 13.9. The van der Waals surface area contributed by atoms with Gasteiger partial charge in [0.25, 0.3) is 8.32 Å². The Kier molecular flexibility index (Phi) is 3.13. The highest BCUT2D eigenvalue weighted by molar-refractivity contribution is 6.74. The molecule has 1 aromatic rings. The van der Waals surface area contributed by atoms with Crippen molar-refractivity contribution < 1.29 is 19.1 Å². The van der Waals surface area contributed by atoms with Gasteiger partial charge in [0.2, 0.25) is 0 Å². The van der Waals surface area contributed by atoms with Crippen molar-refractivity contribution in [3.8, 4) is 11.5 Å². The van der Waals surface area contributed by atoms with Gasteiger partial charge in [-0.05, 0) is 24.2 Å². The molecule has 19 heavy (non-hydrogen) atoms. The van der Waals surface area contributed by atoms with Crippen molar-refractivity contribution in [1.82, 2.24) is 0 Å². The van der Waals surface area contributed by atoms with Crippen molar-refractivity contribution in [1.29, 1.82) is 0 Å². The van der Waals surface area contributed by atoms with Crippen molar-refractivity contribution in [3.05, 3.63) is 23.3 Å². The minimum Gasteiger partial charge on any atom is -0.541 e. The van der Waals surface area contributed by atoms with E-state index >= 15 is 0 Å². The number of carbonyl (C=O) groups is 1. The van der Waals surface area contributed by atoms with Gasteiger partial charge in [-0.1, -0.05) is 26.8 Å². The minimum absolute atomic E-state index is 0.0606. The molecule has 0 saturated heterocycles. The Balaban J connectivity index is 2.43. The standard InChI is InChI=1S/C14H20O4Si/c1-14(2,3)19(4,5)18-11-9-6-7-10(13(15)16)12(11)17-8-9/h6-7H,8H2,1-5H3,(H,15,16).